The molecule has 5 atom stereocenters. The fraction of sp³-hybridized carbons (Fsp3) is 0.545. The van der Waals surface area contributed by atoms with Gasteiger partial charge in [-0.1, -0.05) is 44.2 Å². The Hall–Kier alpha value is -3.02. The normalized spacial score (nSPS) is 15.6. The molecule has 0 bridgehead atoms. The highest BCUT2D eigenvalue weighted by atomic mass is 16.4. The molecule has 5 unspecified atom stereocenters. The Balaban J connectivity index is 3.03. The highest BCUT2D eigenvalue weighted by molar-refractivity contribution is 5.94. The van der Waals surface area contributed by atoms with Gasteiger partial charge in [-0.2, -0.15) is 0 Å². The summed E-state index contributed by atoms with van der Waals surface area (Å²) in [6.07, 6.45) is -0.941. The van der Waals surface area contributed by atoms with Gasteiger partial charge in [-0.25, -0.2) is 4.79 Å². The van der Waals surface area contributed by atoms with Crippen LogP contribution in [0.5, 0.6) is 0 Å². The smallest absolute Gasteiger partial charge is 0.326 e. The van der Waals surface area contributed by atoms with E-state index in [9.17, 15) is 34.5 Å². The first-order chi connectivity index (χ1) is 15.5. The van der Waals surface area contributed by atoms with Crippen LogP contribution in [0.25, 0.3) is 0 Å². The largest absolute Gasteiger partial charge is 0.480 e. The second-order valence-corrected chi connectivity index (χ2v) is 8.29. The monoisotopic (exact) mass is 466 g/mol. The molecular formula is C22H34N4O7. The Bertz CT molecular complexity index is 801. The van der Waals surface area contributed by atoms with Crippen molar-refractivity contribution in [2.24, 2.45) is 11.7 Å². The molecule has 184 valence electrons. The van der Waals surface area contributed by atoms with E-state index in [1.807, 2.05) is 13.8 Å². The molecule has 0 aliphatic carbocycles. The van der Waals surface area contributed by atoms with Gasteiger partial charge in [-0.05, 0) is 24.8 Å². The molecule has 0 saturated carbocycles. The number of benzene rings is 1. The van der Waals surface area contributed by atoms with Crippen molar-refractivity contribution in [2.45, 2.75) is 63.9 Å². The lowest BCUT2D eigenvalue weighted by molar-refractivity contribution is -0.142. The summed E-state index contributed by atoms with van der Waals surface area (Å²) in [5, 5.41) is 35.6. The Morgan fingerprint density at radius 1 is 0.879 bits per heavy atom. The van der Waals surface area contributed by atoms with E-state index in [1.54, 1.807) is 30.3 Å². The summed E-state index contributed by atoms with van der Waals surface area (Å²) in [6.45, 7) is 4.15. The second kappa shape index (κ2) is 13.5. The number of carboxylic acids is 1. The first-order valence-corrected chi connectivity index (χ1v) is 10.7. The summed E-state index contributed by atoms with van der Waals surface area (Å²) in [6, 6.07) is 3.68. The maximum atomic E-state index is 12.9. The van der Waals surface area contributed by atoms with Crippen LogP contribution in [-0.2, 0) is 25.6 Å². The van der Waals surface area contributed by atoms with Crippen molar-refractivity contribution in [3.63, 3.8) is 0 Å². The molecule has 8 N–H and O–H groups in total. The number of nitrogens with one attached hydrogen (secondary N) is 3. The van der Waals surface area contributed by atoms with Crippen LogP contribution in [0.15, 0.2) is 30.3 Å². The minimum Gasteiger partial charge on any atom is -0.480 e. The minimum atomic E-state index is -1.43. The third-order valence-corrected chi connectivity index (χ3v) is 4.88. The minimum absolute atomic E-state index is 0.000622. The number of aliphatic hydroxyl groups excluding tert-OH is 2. The Morgan fingerprint density at radius 3 is 1.88 bits per heavy atom. The van der Waals surface area contributed by atoms with Gasteiger partial charge in [-0.15, -0.1) is 0 Å². The van der Waals surface area contributed by atoms with Gasteiger partial charge < -0.3 is 37.0 Å². The predicted molar refractivity (Wildman–Crippen MR) is 120 cm³/mol. The van der Waals surface area contributed by atoms with E-state index in [2.05, 4.69) is 16.0 Å². The Kier molecular flexibility index (Phi) is 11.5. The number of aliphatic carboxylic acids is 1. The fourth-order valence-electron chi connectivity index (χ4n) is 2.98. The number of hydrogen-bond acceptors (Lipinski definition) is 7. The third kappa shape index (κ3) is 9.56. The molecule has 33 heavy (non-hydrogen) atoms. The van der Waals surface area contributed by atoms with Crippen LogP contribution < -0.4 is 21.7 Å². The number of carbonyl (C=O) groups excluding carboxylic acids is 3. The molecule has 0 saturated heterocycles. The standard InChI is InChI=1S/C22H34N4O7/c1-12(2)9-16(22(32)33)25-19(29)15(10-14-7-5-4-6-8-14)24-20(30)17(11-27)26-21(31)18(23)13(3)28/h4-8,12-13,15-18,27-28H,9-11,23H2,1-3H3,(H,24,30)(H,25,29)(H,26,31)(H,32,33). The van der Waals surface area contributed by atoms with E-state index in [1.165, 1.54) is 6.92 Å². The van der Waals surface area contributed by atoms with Crippen molar-refractivity contribution in [3.05, 3.63) is 35.9 Å². The molecule has 1 aromatic rings. The average Bonchev–Trinajstić information content (AvgIpc) is 2.75. The quantitative estimate of drug-likeness (QED) is 0.183. The van der Waals surface area contributed by atoms with Gasteiger partial charge in [-0.3, -0.25) is 14.4 Å². The zero-order valence-electron chi connectivity index (χ0n) is 19.0. The molecule has 0 aliphatic heterocycles. The van der Waals surface area contributed by atoms with Crippen molar-refractivity contribution in [3.8, 4) is 0 Å². The maximum absolute atomic E-state index is 12.9. The summed E-state index contributed by atoms with van der Waals surface area (Å²) < 4.78 is 0. The Labute approximate surface area is 192 Å². The zero-order chi connectivity index (χ0) is 25.1. The van der Waals surface area contributed by atoms with Gasteiger partial charge in [0.15, 0.2) is 0 Å². The number of carbonyl (C=O) groups is 4. The molecule has 3 amide bonds. The fourth-order valence-corrected chi connectivity index (χ4v) is 2.98. The van der Waals surface area contributed by atoms with E-state index in [-0.39, 0.29) is 18.8 Å². The molecule has 1 aromatic carbocycles. The lowest BCUT2D eigenvalue weighted by Crippen LogP contribution is -2.59. The van der Waals surface area contributed by atoms with Crippen LogP contribution in [0.1, 0.15) is 32.8 Å². The maximum Gasteiger partial charge on any atom is 0.326 e. The van der Waals surface area contributed by atoms with Crippen molar-refractivity contribution in [1.29, 1.82) is 0 Å². The van der Waals surface area contributed by atoms with Crippen LogP contribution in [0.4, 0.5) is 0 Å². The highest BCUT2D eigenvalue weighted by Gasteiger charge is 2.31. The zero-order valence-corrected chi connectivity index (χ0v) is 19.0. The highest BCUT2D eigenvalue weighted by Crippen LogP contribution is 2.08. The van der Waals surface area contributed by atoms with Gasteiger partial charge in [0.25, 0.3) is 0 Å². The lowest BCUT2D eigenvalue weighted by atomic mass is 10.0. The molecule has 0 aliphatic rings. The van der Waals surface area contributed by atoms with E-state index in [4.69, 9.17) is 5.73 Å². The summed E-state index contributed by atoms with van der Waals surface area (Å²) in [5.41, 5.74) is 6.25. The summed E-state index contributed by atoms with van der Waals surface area (Å²) in [5.74, 6) is -3.64. The first kappa shape index (κ1) is 28.0. The topological polar surface area (TPSA) is 191 Å². The van der Waals surface area contributed by atoms with Crippen molar-refractivity contribution < 1.29 is 34.5 Å². The summed E-state index contributed by atoms with van der Waals surface area (Å²) in [4.78, 5) is 49.3. The van der Waals surface area contributed by atoms with Crippen LogP contribution in [0.3, 0.4) is 0 Å². The average molecular weight is 467 g/mol. The second-order valence-electron chi connectivity index (χ2n) is 8.29. The molecule has 0 aromatic heterocycles. The van der Waals surface area contributed by atoms with Gasteiger partial charge in [0.2, 0.25) is 17.7 Å². The van der Waals surface area contributed by atoms with Gasteiger partial charge >= 0.3 is 5.97 Å². The summed E-state index contributed by atoms with van der Waals surface area (Å²) in [7, 11) is 0. The van der Waals surface area contributed by atoms with Crippen molar-refractivity contribution in [2.75, 3.05) is 6.61 Å². The van der Waals surface area contributed by atoms with E-state index in [0.29, 0.717) is 5.56 Å². The van der Waals surface area contributed by atoms with E-state index in [0.717, 1.165) is 0 Å². The predicted octanol–water partition coefficient (Wildman–Crippen LogP) is -1.49. The van der Waals surface area contributed by atoms with E-state index < -0.39 is 60.6 Å². The number of rotatable bonds is 13. The molecule has 11 heteroatoms. The summed E-state index contributed by atoms with van der Waals surface area (Å²) >= 11 is 0. The third-order valence-electron chi connectivity index (χ3n) is 4.88. The molecule has 11 nitrogen and oxygen atoms in total. The number of carboxylic acid groups (broad SMARTS) is 1. The molecule has 0 heterocycles. The molecule has 1 rings (SSSR count). The number of amides is 3. The SMILES string of the molecule is CC(C)CC(NC(=O)C(Cc1ccccc1)NC(=O)C(CO)NC(=O)C(N)C(C)O)C(=O)O. The molecule has 0 spiro atoms. The Morgan fingerprint density at radius 2 is 1.39 bits per heavy atom. The van der Waals surface area contributed by atoms with Crippen LogP contribution >= 0.6 is 0 Å². The lowest BCUT2D eigenvalue weighted by Gasteiger charge is -2.25. The van der Waals surface area contributed by atoms with Gasteiger partial charge in [0.1, 0.15) is 24.2 Å². The first-order valence-electron chi connectivity index (χ1n) is 10.7. The molecular weight excluding hydrogens is 432 g/mol. The van der Waals surface area contributed by atoms with Crippen molar-refractivity contribution in [1.82, 2.24) is 16.0 Å². The van der Waals surface area contributed by atoms with Gasteiger partial charge in [0.05, 0.1) is 12.7 Å². The number of nitrogens with two attached hydrogens (primary N) is 1. The van der Waals surface area contributed by atoms with Crippen LogP contribution in [-0.4, -0.2) is 75.9 Å². The van der Waals surface area contributed by atoms with Crippen molar-refractivity contribution >= 4 is 23.7 Å². The van der Waals surface area contributed by atoms with E-state index >= 15 is 0 Å². The van der Waals surface area contributed by atoms with Gasteiger partial charge in [0, 0.05) is 6.42 Å². The number of aliphatic hydroxyl groups is 2. The number of hydrogen-bond donors (Lipinski definition) is 7. The molecule has 0 radical (unpaired) electrons. The van der Waals surface area contributed by atoms with Crippen LogP contribution in [0, 0.1) is 5.92 Å². The molecule has 0 fully saturated rings. The van der Waals surface area contributed by atoms with Crippen LogP contribution in [0.2, 0.25) is 0 Å².